The van der Waals surface area contributed by atoms with Crippen LogP contribution in [0.15, 0.2) is 23.4 Å². The van der Waals surface area contributed by atoms with Crippen molar-refractivity contribution in [3.05, 3.63) is 40.1 Å². The Morgan fingerprint density at radius 3 is 2.72 bits per heavy atom. The van der Waals surface area contributed by atoms with Gasteiger partial charge in [-0.3, -0.25) is 9.59 Å². The Hall–Kier alpha value is -2.64. The van der Waals surface area contributed by atoms with Gasteiger partial charge in [0.25, 0.3) is 11.5 Å². The number of aryl methyl sites for hydroxylation is 3. The van der Waals surface area contributed by atoms with Crippen LogP contribution in [0.1, 0.15) is 36.2 Å². The number of nitrogens with zero attached hydrogens (tertiary/aromatic N) is 4. The minimum absolute atomic E-state index is 0.213. The Morgan fingerprint density at radius 2 is 2.08 bits per heavy atom. The van der Waals surface area contributed by atoms with Crippen LogP contribution < -0.4 is 16.2 Å². The fourth-order valence-corrected chi connectivity index (χ4v) is 2.41. The number of pyridine rings is 1. The van der Waals surface area contributed by atoms with Crippen molar-refractivity contribution in [2.45, 2.75) is 33.7 Å². The number of amides is 1. The van der Waals surface area contributed by atoms with E-state index in [1.54, 1.807) is 29.4 Å². The van der Waals surface area contributed by atoms with Crippen LogP contribution >= 0.6 is 0 Å². The number of aromatic nitrogens is 4. The smallest absolute Gasteiger partial charge is 0.263 e. The first-order valence-corrected chi connectivity index (χ1v) is 8.46. The Bertz CT molecular complexity index is 778. The second-order valence-electron chi connectivity index (χ2n) is 6.44. The topological polar surface area (TPSA) is 93.8 Å². The molecule has 2 heterocycles. The van der Waals surface area contributed by atoms with Gasteiger partial charge in [-0.2, -0.15) is 10.1 Å². The molecular formula is C17H26N6O2. The van der Waals surface area contributed by atoms with Gasteiger partial charge in [-0.05, 0) is 30.9 Å². The molecule has 2 aromatic rings. The van der Waals surface area contributed by atoms with E-state index in [0.29, 0.717) is 37.1 Å². The Balaban J connectivity index is 1.97. The molecule has 8 heteroatoms. The molecule has 8 nitrogen and oxygen atoms in total. The van der Waals surface area contributed by atoms with Gasteiger partial charge in [0.1, 0.15) is 11.9 Å². The molecule has 0 bridgehead atoms. The summed E-state index contributed by atoms with van der Waals surface area (Å²) in [6.45, 7) is 7.48. The lowest BCUT2D eigenvalue weighted by atomic mass is 10.1. The van der Waals surface area contributed by atoms with E-state index >= 15 is 0 Å². The molecule has 0 saturated heterocycles. The summed E-state index contributed by atoms with van der Waals surface area (Å²) in [5, 5.41) is 9.80. The molecule has 0 aromatic carbocycles. The maximum atomic E-state index is 12.6. The van der Waals surface area contributed by atoms with Crippen LogP contribution in [0.2, 0.25) is 0 Å². The second-order valence-corrected chi connectivity index (χ2v) is 6.44. The van der Waals surface area contributed by atoms with Crippen molar-refractivity contribution in [3.8, 4) is 0 Å². The molecule has 2 aromatic heterocycles. The number of nitrogens with one attached hydrogen (secondary N) is 2. The van der Waals surface area contributed by atoms with E-state index in [1.165, 1.54) is 6.33 Å². The monoisotopic (exact) mass is 346 g/mol. The van der Waals surface area contributed by atoms with Crippen LogP contribution in [0.5, 0.6) is 0 Å². The van der Waals surface area contributed by atoms with Gasteiger partial charge in [0.15, 0.2) is 0 Å². The molecular weight excluding hydrogens is 320 g/mol. The van der Waals surface area contributed by atoms with E-state index in [9.17, 15) is 9.59 Å². The third kappa shape index (κ3) is 4.91. The zero-order valence-electron chi connectivity index (χ0n) is 15.2. The van der Waals surface area contributed by atoms with Crippen molar-refractivity contribution >= 4 is 11.9 Å². The number of hydrogen-bond donors (Lipinski definition) is 2. The Kier molecular flexibility index (Phi) is 6.32. The molecule has 0 saturated carbocycles. The lowest BCUT2D eigenvalue weighted by molar-refractivity contribution is 0.0952. The van der Waals surface area contributed by atoms with E-state index in [1.807, 2.05) is 6.07 Å². The van der Waals surface area contributed by atoms with Crippen LogP contribution in [0.3, 0.4) is 0 Å². The maximum absolute atomic E-state index is 12.6. The lowest BCUT2D eigenvalue weighted by Gasteiger charge is -2.12. The normalized spacial score (nSPS) is 10.9. The van der Waals surface area contributed by atoms with Crippen LogP contribution in [-0.4, -0.2) is 38.3 Å². The van der Waals surface area contributed by atoms with Gasteiger partial charge >= 0.3 is 0 Å². The number of carbonyl (C=O) groups excluding carboxylic acids is 1. The zero-order chi connectivity index (χ0) is 18.4. The van der Waals surface area contributed by atoms with Gasteiger partial charge in [0.2, 0.25) is 5.95 Å². The third-order valence-electron chi connectivity index (χ3n) is 3.95. The summed E-state index contributed by atoms with van der Waals surface area (Å²) in [6, 6.07) is 1.81. The average molecular weight is 346 g/mol. The summed E-state index contributed by atoms with van der Waals surface area (Å²) in [4.78, 5) is 29.0. The highest BCUT2D eigenvalue weighted by atomic mass is 16.2. The number of carbonyl (C=O) groups is 1. The second kappa shape index (κ2) is 8.46. The predicted octanol–water partition coefficient (Wildman–Crippen LogP) is 1.17. The van der Waals surface area contributed by atoms with Crippen molar-refractivity contribution in [1.82, 2.24) is 24.6 Å². The zero-order valence-corrected chi connectivity index (χ0v) is 15.2. The summed E-state index contributed by atoms with van der Waals surface area (Å²) < 4.78 is 3.22. The number of rotatable bonds is 8. The Morgan fingerprint density at radius 1 is 1.32 bits per heavy atom. The quantitative estimate of drug-likeness (QED) is 0.700. The van der Waals surface area contributed by atoms with Crippen molar-refractivity contribution in [2.75, 3.05) is 18.4 Å². The number of hydrogen-bond acceptors (Lipinski definition) is 5. The molecule has 0 atom stereocenters. The molecule has 0 unspecified atom stereocenters. The predicted molar refractivity (Wildman–Crippen MR) is 96.7 cm³/mol. The van der Waals surface area contributed by atoms with E-state index in [-0.39, 0.29) is 17.0 Å². The first-order chi connectivity index (χ1) is 11.9. The van der Waals surface area contributed by atoms with Gasteiger partial charge in [0, 0.05) is 32.9 Å². The minimum atomic E-state index is -0.346. The summed E-state index contributed by atoms with van der Waals surface area (Å²) in [5.41, 5.74) is 0.661. The molecule has 136 valence electrons. The van der Waals surface area contributed by atoms with Gasteiger partial charge in [-0.25, -0.2) is 4.68 Å². The summed E-state index contributed by atoms with van der Waals surface area (Å²) in [5.74, 6) is 0.777. The molecule has 0 radical (unpaired) electrons. The van der Waals surface area contributed by atoms with E-state index in [2.05, 4.69) is 34.6 Å². The van der Waals surface area contributed by atoms with E-state index in [0.717, 1.165) is 6.42 Å². The van der Waals surface area contributed by atoms with Gasteiger partial charge in [0.05, 0.1) is 0 Å². The minimum Gasteiger partial charge on any atom is -0.353 e. The fraction of sp³-hybridized carbons (Fsp3) is 0.529. The van der Waals surface area contributed by atoms with E-state index < -0.39 is 0 Å². The third-order valence-corrected chi connectivity index (χ3v) is 3.95. The molecule has 2 rings (SSSR count). The van der Waals surface area contributed by atoms with E-state index in [4.69, 9.17) is 0 Å². The summed E-state index contributed by atoms with van der Waals surface area (Å²) >= 11 is 0. The largest absolute Gasteiger partial charge is 0.353 e. The van der Waals surface area contributed by atoms with Crippen LogP contribution in [0, 0.1) is 12.8 Å². The van der Waals surface area contributed by atoms with Crippen LogP contribution in [0.4, 0.5) is 5.95 Å². The van der Waals surface area contributed by atoms with Crippen LogP contribution in [-0.2, 0) is 13.6 Å². The average Bonchev–Trinajstić information content (AvgIpc) is 2.96. The standard InChI is InChI=1S/C17H26N6O2/c1-12(2)5-9-23-10-6-13(3)14(16(23)25)15(24)18-7-8-19-17-20-11-21-22(17)4/h6,10-12H,5,7-9H2,1-4H3,(H,18,24)(H,19,20,21). The van der Waals surface area contributed by atoms with Crippen molar-refractivity contribution in [2.24, 2.45) is 13.0 Å². The van der Waals surface area contributed by atoms with Crippen molar-refractivity contribution in [1.29, 1.82) is 0 Å². The molecule has 0 fully saturated rings. The van der Waals surface area contributed by atoms with Gasteiger partial charge in [-0.1, -0.05) is 13.8 Å². The highest BCUT2D eigenvalue weighted by molar-refractivity contribution is 5.95. The van der Waals surface area contributed by atoms with Crippen LogP contribution in [0.25, 0.3) is 0 Å². The Labute approximate surface area is 147 Å². The van der Waals surface area contributed by atoms with Crippen molar-refractivity contribution in [3.63, 3.8) is 0 Å². The maximum Gasteiger partial charge on any atom is 0.263 e. The van der Waals surface area contributed by atoms with Gasteiger partial charge < -0.3 is 15.2 Å². The number of anilines is 1. The van der Waals surface area contributed by atoms with Crippen molar-refractivity contribution < 1.29 is 4.79 Å². The summed E-state index contributed by atoms with van der Waals surface area (Å²) in [6.07, 6.45) is 4.10. The molecule has 0 aliphatic rings. The fourth-order valence-electron chi connectivity index (χ4n) is 2.41. The summed E-state index contributed by atoms with van der Waals surface area (Å²) in [7, 11) is 1.78. The first-order valence-electron chi connectivity index (χ1n) is 8.46. The molecule has 2 N–H and O–H groups in total. The molecule has 0 aliphatic heterocycles. The molecule has 0 aliphatic carbocycles. The highest BCUT2D eigenvalue weighted by Gasteiger charge is 2.15. The first kappa shape index (κ1) is 18.7. The molecule has 25 heavy (non-hydrogen) atoms. The molecule has 1 amide bonds. The lowest BCUT2D eigenvalue weighted by Crippen LogP contribution is -2.36. The SMILES string of the molecule is Cc1ccn(CCC(C)C)c(=O)c1C(=O)NCCNc1ncnn1C. The van der Waals surface area contributed by atoms with Gasteiger partial charge in [-0.15, -0.1) is 0 Å². The highest BCUT2D eigenvalue weighted by Crippen LogP contribution is 2.05. The molecule has 0 spiro atoms.